The lowest BCUT2D eigenvalue weighted by molar-refractivity contribution is -0.121. The van der Waals surface area contributed by atoms with Crippen LogP contribution in [-0.2, 0) is 11.3 Å². The molecule has 0 fully saturated rings. The van der Waals surface area contributed by atoms with Crippen molar-refractivity contribution in [2.45, 2.75) is 25.3 Å². The van der Waals surface area contributed by atoms with Gasteiger partial charge in [-0.3, -0.25) is 4.79 Å². The number of benzene rings is 2. The van der Waals surface area contributed by atoms with E-state index in [-0.39, 0.29) is 23.9 Å². The quantitative estimate of drug-likeness (QED) is 0.939. The molecule has 24 heavy (non-hydrogen) atoms. The Bertz CT molecular complexity index is 798. The minimum Gasteiger partial charge on any atom is -0.493 e. The van der Waals surface area contributed by atoms with Crippen LogP contribution in [0.1, 0.15) is 35.4 Å². The molecular formula is C19H17FN2O2. The number of nitriles is 1. The third-order valence-electron chi connectivity index (χ3n) is 4.17. The van der Waals surface area contributed by atoms with Crippen molar-refractivity contribution in [1.29, 1.82) is 5.26 Å². The SMILES string of the molecule is N#Cc1ccc(CNC(=O)C[C@@H]2CCOc3ccccc32)c(F)c1. The van der Waals surface area contributed by atoms with Crippen LogP contribution >= 0.6 is 0 Å². The summed E-state index contributed by atoms with van der Waals surface area (Å²) in [6.07, 6.45) is 1.13. The molecule has 1 heterocycles. The first-order chi connectivity index (χ1) is 11.7. The first-order valence-corrected chi connectivity index (χ1v) is 7.84. The zero-order valence-electron chi connectivity index (χ0n) is 13.1. The van der Waals surface area contributed by atoms with Crippen molar-refractivity contribution in [3.8, 4) is 11.8 Å². The largest absolute Gasteiger partial charge is 0.493 e. The summed E-state index contributed by atoms with van der Waals surface area (Å²) in [5.74, 6) is 0.340. The minimum absolute atomic E-state index is 0.112. The second-order valence-electron chi connectivity index (χ2n) is 5.77. The minimum atomic E-state index is -0.481. The van der Waals surface area contributed by atoms with Crippen molar-refractivity contribution in [2.24, 2.45) is 0 Å². The molecule has 2 aromatic carbocycles. The summed E-state index contributed by atoms with van der Waals surface area (Å²) >= 11 is 0. The van der Waals surface area contributed by atoms with E-state index in [1.165, 1.54) is 12.1 Å². The summed E-state index contributed by atoms with van der Waals surface area (Å²) in [7, 11) is 0. The van der Waals surface area contributed by atoms with E-state index in [0.717, 1.165) is 17.7 Å². The lowest BCUT2D eigenvalue weighted by Gasteiger charge is -2.25. The van der Waals surface area contributed by atoms with E-state index in [2.05, 4.69) is 5.32 Å². The average molecular weight is 324 g/mol. The average Bonchev–Trinajstić information content (AvgIpc) is 2.61. The van der Waals surface area contributed by atoms with Gasteiger partial charge in [0.1, 0.15) is 11.6 Å². The Morgan fingerprint density at radius 3 is 2.96 bits per heavy atom. The number of halogens is 1. The van der Waals surface area contributed by atoms with Gasteiger partial charge in [0.25, 0.3) is 0 Å². The van der Waals surface area contributed by atoms with Crippen LogP contribution < -0.4 is 10.1 Å². The molecule has 1 amide bonds. The van der Waals surface area contributed by atoms with Gasteiger partial charge in [-0.05, 0) is 36.1 Å². The predicted molar refractivity (Wildman–Crippen MR) is 86.9 cm³/mol. The van der Waals surface area contributed by atoms with Crippen molar-refractivity contribution in [1.82, 2.24) is 5.32 Å². The molecule has 0 spiro atoms. The number of nitrogens with one attached hydrogen (secondary N) is 1. The predicted octanol–water partition coefficient (Wildman–Crippen LogP) is 3.27. The van der Waals surface area contributed by atoms with E-state index >= 15 is 0 Å². The van der Waals surface area contributed by atoms with Crippen LogP contribution in [0.4, 0.5) is 4.39 Å². The number of carbonyl (C=O) groups excluding carboxylic acids is 1. The topological polar surface area (TPSA) is 62.1 Å². The van der Waals surface area contributed by atoms with Crippen LogP contribution in [0.25, 0.3) is 0 Å². The molecule has 122 valence electrons. The molecule has 0 saturated carbocycles. The molecule has 0 unspecified atom stereocenters. The molecule has 1 aliphatic rings. The van der Waals surface area contributed by atoms with Crippen LogP contribution in [0.5, 0.6) is 5.75 Å². The van der Waals surface area contributed by atoms with Crippen molar-refractivity contribution >= 4 is 5.91 Å². The highest BCUT2D eigenvalue weighted by molar-refractivity contribution is 5.77. The van der Waals surface area contributed by atoms with Crippen LogP contribution in [0.3, 0.4) is 0 Å². The zero-order valence-corrected chi connectivity index (χ0v) is 13.1. The summed E-state index contributed by atoms with van der Waals surface area (Å²) < 4.78 is 19.4. The summed E-state index contributed by atoms with van der Waals surface area (Å²) in [6, 6.07) is 13.9. The molecule has 4 nitrogen and oxygen atoms in total. The van der Waals surface area contributed by atoms with Crippen molar-refractivity contribution < 1.29 is 13.9 Å². The monoisotopic (exact) mass is 324 g/mol. The van der Waals surface area contributed by atoms with E-state index in [1.54, 1.807) is 6.07 Å². The smallest absolute Gasteiger partial charge is 0.220 e. The summed E-state index contributed by atoms with van der Waals surface area (Å²) in [5.41, 5.74) is 1.68. The Morgan fingerprint density at radius 1 is 1.33 bits per heavy atom. The maximum Gasteiger partial charge on any atom is 0.220 e. The van der Waals surface area contributed by atoms with Crippen molar-refractivity contribution in [3.05, 3.63) is 65.0 Å². The summed E-state index contributed by atoms with van der Waals surface area (Å²) in [6.45, 7) is 0.709. The number of fused-ring (bicyclic) bond motifs is 1. The third kappa shape index (κ3) is 3.54. The van der Waals surface area contributed by atoms with Gasteiger partial charge in [0.05, 0.1) is 18.2 Å². The first kappa shape index (κ1) is 16.0. The molecule has 2 aromatic rings. The number of hydrogen-bond acceptors (Lipinski definition) is 3. The van der Waals surface area contributed by atoms with Gasteiger partial charge >= 0.3 is 0 Å². The fourth-order valence-electron chi connectivity index (χ4n) is 2.88. The number of carbonyl (C=O) groups is 1. The number of hydrogen-bond donors (Lipinski definition) is 1. The third-order valence-corrected chi connectivity index (χ3v) is 4.17. The van der Waals surface area contributed by atoms with Gasteiger partial charge in [0, 0.05) is 18.5 Å². The molecule has 0 bridgehead atoms. The second kappa shape index (κ2) is 7.14. The van der Waals surface area contributed by atoms with Crippen molar-refractivity contribution in [2.75, 3.05) is 6.61 Å². The molecule has 0 saturated heterocycles. The number of ether oxygens (including phenoxy) is 1. The lowest BCUT2D eigenvalue weighted by Crippen LogP contribution is -2.26. The van der Waals surface area contributed by atoms with Gasteiger partial charge in [0.2, 0.25) is 5.91 Å². The van der Waals surface area contributed by atoms with Gasteiger partial charge in [0.15, 0.2) is 0 Å². The maximum atomic E-state index is 13.8. The van der Waals surface area contributed by atoms with Crippen LogP contribution in [0.15, 0.2) is 42.5 Å². The van der Waals surface area contributed by atoms with E-state index < -0.39 is 5.82 Å². The Kier molecular flexibility index (Phi) is 4.76. The molecule has 0 aliphatic carbocycles. The first-order valence-electron chi connectivity index (χ1n) is 7.84. The van der Waals surface area contributed by atoms with Gasteiger partial charge in [-0.25, -0.2) is 4.39 Å². The highest BCUT2D eigenvalue weighted by Crippen LogP contribution is 2.35. The molecule has 1 atom stereocenters. The van der Waals surface area contributed by atoms with E-state index in [0.29, 0.717) is 18.6 Å². The standard InChI is InChI=1S/C19H17FN2O2/c20-17-9-13(11-21)5-6-15(17)12-22-19(23)10-14-7-8-24-18-4-2-1-3-16(14)18/h1-6,9,14H,7-8,10,12H2,(H,22,23)/t14-/m0/s1. The zero-order chi connectivity index (χ0) is 16.9. The molecule has 1 aliphatic heterocycles. The van der Waals surface area contributed by atoms with E-state index in [4.69, 9.17) is 10.00 Å². The lowest BCUT2D eigenvalue weighted by atomic mass is 9.90. The van der Waals surface area contributed by atoms with Gasteiger partial charge in [-0.2, -0.15) is 5.26 Å². The Balaban J connectivity index is 1.60. The number of nitrogens with zero attached hydrogens (tertiary/aromatic N) is 1. The molecule has 3 rings (SSSR count). The van der Waals surface area contributed by atoms with Crippen LogP contribution in [0.2, 0.25) is 0 Å². The second-order valence-corrected chi connectivity index (χ2v) is 5.77. The number of rotatable bonds is 4. The van der Waals surface area contributed by atoms with Gasteiger partial charge in [-0.1, -0.05) is 24.3 Å². The Labute approximate surface area is 139 Å². The summed E-state index contributed by atoms with van der Waals surface area (Å²) in [5, 5.41) is 11.5. The molecule has 5 heteroatoms. The maximum absolute atomic E-state index is 13.8. The Morgan fingerprint density at radius 2 is 2.17 bits per heavy atom. The van der Waals surface area contributed by atoms with Crippen LogP contribution in [-0.4, -0.2) is 12.5 Å². The highest BCUT2D eigenvalue weighted by atomic mass is 19.1. The fraction of sp³-hybridized carbons (Fsp3) is 0.263. The van der Waals surface area contributed by atoms with Crippen LogP contribution in [0, 0.1) is 17.1 Å². The van der Waals surface area contributed by atoms with E-state index in [9.17, 15) is 9.18 Å². The molecule has 0 aromatic heterocycles. The number of amides is 1. The normalized spacial score (nSPS) is 15.8. The molecule has 0 radical (unpaired) electrons. The fourth-order valence-corrected chi connectivity index (χ4v) is 2.88. The molecule has 1 N–H and O–H groups in total. The van der Waals surface area contributed by atoms with Gasteiger partial charge in [-0.15, -0.1) is 0 Å². The molecular weight excluding hydrogens is 307 g/mol. The highest BCUT2D eigenvalue weighted by Gasteiger charge is 2.23. The Hall–Kier alpha value is -2.87. The summed E-state index contributed by atoms with van der Waals surface area (Å²) in [4.78, 5) is 12.2. The number of para-hydroxylation sites is 1. The van der Waals surface area contributed by atoms with E-state index in [1.807, 2.05) is 30.3 Å². The van der Waals surface area contributed by atoms with Crippen molar-refractivity contribution in [3.63, 3.8) is 0 Å². The van der Waals surface area contributed by atoms with Gasteiger partial charge < -0.3 is 10.1 Å².